The molecule has 2 saturated heterocycles. The average Bonchev–Trinajstić information content (AvgIpc) is 3.43. The standard InChI is InChI=1S/C28H34F4N4O/c1-19(2)36-16-15-35(27(36)37)14-11-33-9-12-34(13-10-33)26-18-24(20-3-6-22(29)7-4-20)25-17-21(28(30,31)32)5-8-23(25)26/h3-8,17,19,24,26H,9-16,18H2,1-2H3/t24-,26+/m0/s1. The first-order valence-corrected chi connectivity index (χ1v) is 13.1. The minimum atomic E-state index is -4.41. The summed E-state index contributed by atoms with van der Waals surface area (Å²) in [6, 6.07) is 10.6. The van der Waals surface area contributed by atoms with Crippen molar-refractivity contribution in [2.45, 2.75) is 44.4 Å². The average molecular weight is 519 g/mol. The van der Waals surface area contributed by atoms with Gasteiger partial charge in [-0.25, -0.2) is 9.18 Å². The topological polar surface area (TPSA) is 30.0 Å². The number of rotatable bonds is 6. The number of halogens is 4. The van der Waals surface area contributed by atoms with Gasteiger partial charge in [-0.05, 0) is 61.2 Å². The number of fused-ring (bicyclic) bond motifs is 1. The van der Waals surface area contributed by atoms with Gasteiger partial charge >= 0.3 is 12.2 Å². The van der Waals surface area contributed by atoms with Crippen molar-refractivity contribution in [3.05, 3.63) is 70.5 Å². The molecule has 2 amide bonds. The molecule has 0 spiro atoms. The molecule has 2 aromatic carbocycles. The molecule has 0 saturated carbocycles. The second-order valence-corrected chi connectivity index (χ2v) is 10.6. The fourth-order valence-corrected chi connectivity index (χ4v) is 6.04. The third-order valence-electron chi connectivity index (χ3n) is 8.16. The Morgan fingerprint density at radius 1 is 0.892 bits per heavy atom. The van der Waals surface area contributed by atoms with Crippen LogP contribution in [-0.2, 0) is 6.18 Å². The fourth-order valence-electron chi connectivity index (χ4n) is 6.04. The fraction of sp³-hybridized carbons (Fsp3) is 0.536. The monoisotopic (exact) mass is 518 g/mol. The van der Waals surface area contributed by atoms with Crippen LogP contribution in [0.4, 0.5) is 22.4 Å². The Hall–Kier alpha value is -2.65. The molecule has 9 heteroatoms. The van der Waals surface area contributed by atoms with Crippen molar-refractivity contribution in [3.8, 4) is 0 Å². The van der Waals surface area contributed by atoms with Gasteiger partial charge in [-0.3, -0.25) is 9.80 Å². The van der Waals surface area contributed by atoms with Gasteiger partial charge in [0.25, 0.3) is 0 Å². The maximum absolute atomic E-state index is 13.5. The lowest BCUT2D eigenvalue weighted by Crippen LogP contribution is -2.49. The lowest BCUT2D eigenvalue weighted by molar-refractivity contribution is -0.137. The summed E-state index contributed by atoms with van der Waals surface area (Å²) in [5.41, 5.74) is 1.83. The van der Waals surface area contributed by atoms with E-state index in [4.69, 9.17) is 0 Å². The van der Waals surface area contributed by atoms with Gasteiger partial charge in [0, 0.05) is 70.4 Å². The molecule has 0 aromatic heterocycles. The lowest BCUT2D eigenvalue weighted by atomic mass is 9.92. The number of hydrogen-bond acceptors (Lipinski definition) is 3. The van der Waals surface area contributed by atoms with Gasteiger partial charge in [0.1, 0.15) is 5.82 Å². The Labute approximate surface area is 215 Å². The summed E-state index contributed by atoms with van der Waals surface area (Å²) in [7, 11) is 0. The number of piperazine rings is 1. The first kappa shape index (κ1) is 26.0. The molecule has 5 nitrogen and oxygen atoms in total. The first-order valence-electron chi connectivity index (χ1n) is 13.1. The number of nitrogens with zero attached hydrogens (tertiary/aromatic N) is 4. The summed E-state index contributed by atoms with van der Waals surface area (Å²) >= 11 is 0. The molecule has 2 heterocycles. The molecule has 0 unspecified atom stereocenters. The van der Waals surface area contributed by atoms with Crippen molar-refractivity contribution < 1.29 is 22.4 Å². The van der Waals surface area contributed by atoms with Gasteiger partial charge in [0.15, 0.2) is 0 Å². The molecule has 2 aromatic rings. The van der Waals surface area contributed by atoms with Gasteiger partial charge in [-0.2, -0.15) is 13.2 Å². The van der Waals surface area contributed by atoms with Crippen LogP contribution in [0.5, 0.6) is 0 Å². The molecule has 2 atom stereocenters. The molecular weight excluding hydrogens is 484 g/mol. The summed E-state index contributed by atoms with van der Waals surface area (Å²) in [5, 5.41) is 0. The third kappa shape index (κ3) is 5.34. The third-order valence-corrected chi connectivity index (χ3v) is 8.16. The summed E-state index contributed by atoms with van der Waals surface area (Å²) in [5.74, 6) is -0.558. The van der Waals surface area contributed by atoms with Crippen LogP contribution >= 0.6 is 0 Å². The quantitative estimate of drug-likeness (QED) is 0.494. The smallest absolute Gasteiger partial charge is 0.322 e. The number of urea groups is 1. The van der Waals surface area contributed by atoms with Crippen LogP contribution in [0.2, 0.25) is 0 Å². The van der Waals surface area contributed by atoms with Crippen LogP contribution in [0.3, 0.4) is 0 Å². The summed E-state index contributed by atoms with van der Waals surface area (Å²) in [4.78, 5) is 21.1. The molecule has 0 bridgehead atoms. The predicted molar refractivity (Wildman–Crippen MR) is 134 cm³/mol. The van der Waals surface area contributed by atoms with E-state index in [1.807, 2.05) is 23.6 Å². The molecule has 37 heavy (non-hydrogen) atoms. The number of carbonyl (C=O) groups excluding carboxylic acids is 1. The van der Waals surface area contributed by atoms with Gasteiger partial charge in [-0.15, -0.1) is 0 Å². The van der Waals surface area contributed by atoms with E-state index < -0.39 is 11.7 Å². The number of amides is 2. The largest absolute Gasteiger partial charge is 0.416 e. The zero-order valence-corrected chi connectivity index (χ0v) is 21.3. The number of hydrogen-bond donors (Lipinski definition) is 0. The van der Waals surface area contributed by atoms with Crippen LogP contribution in [0.1, 0.15) is 54.5 Å². The minimum Gasteiger partial charge on any atom is -0.322 e. The molecule has 0 N–H and O–H groups in total. The van der Waals surface area contributed by atoms with Crippen molar-refractivity contribution in [1.82, 2.24) is 19.6 Å². The Morgan fingerprint density at radius 2 is 1.59 bits per heavy atom. The Balaban J connectivity index is 1.25. The lowest BCUT2D eigenvalue weighted by Gasteiger charge is -2.39. The highest BCUT2D eigenvalue weighted by Crippen LogP contribution is 2.48. The van der Waals surface area contributed by atoms with Crippen LogP contribution in [-0.4, -0.2) is 84.0 Å². The van der Waals surface area contributed by atoms with E-state index in [1.165, 1.54) is 24.3 Å². The van der Waals surface area contributed by atoms with Gasteiger partial charge in [0.05, 0.1) is 5.56 Å². The van der Waals surface area contributed by atoms with E-state index in [1.54, 1.807) is 18.2 Å². The number of benzene rings is 2. The second kappa shape index (κ2) is 10.3. The van der Waals surface area contributed by atoms with Gasteiger partial charge in [0.2, 0.25) is 0 Å². The van der Waals surface area contributed by atoms with Crippen molar-refractivity contribution in [2.24, 2.45) is 0 Å². The Morgan fingerprint density at radius 3 is 2.22 bits per heavy atom. The van der Waals surface area contributed by atoms with E-state index in [0.29, 0.717) is 18.5 Å². The minimum absolute atomic E-state index is 0.0225. The molecule has 2 aliphatic heterocycles. The number of alkyl halides is 3. The molecule has 0 radical (unpaired) electrons. The molecular formula is C28H34F4N4O. The first-order chi connectivity index (χ1) is 17.6. The Kier molecular flexibility index (Phi) is 7.20. The summed E-state index contributed by atoms with van der Waals surface area (Å²) < 4.78 is 54.1. The van der Waals surface area contributed by atoms with E-state index in [0.717, 1.165) is 56.9 Å². The van der Waals surface area contributed by atoms with Gasteiger partial charge in [-0.1, -0.05) is 18.2 Å². The zero-order valence-electron chi connectivity index (χ0n) is 21.3. The summed E-state index contributed by atoms with van der Waals surface area (Å²) in [6.07, 6.45) is -3.73. The van der Waals surface area contributed by atoms with Crippen LogP contribution in [0, 0.1) is 5.82 Å². The van der Waals surface area contributed by atoms with Crippen LogP contribution < -0.4 is 0 Å². The molecule has 5 rings (SSSR count). The van der Waals surface area contributed by atoms with Crippen molar-refractivity contribution in [2.75, 3.05) is 52.4 Å². The summed E-state index contributed by atoms with van der Waals surface area (Å²) in [6.45, 7) is 10.5. The highest BCUT2D eigenvalue weighted by Gasteiger charge is 2.39. The highest BCUT2D eigenvalue weighted by molar-refractivity contribution is 5.76. The van der Waals surface area contributed by atoms with Gasteiger partial charge < -0.3 is 9.80 Å². The molecule has 2 fully saturated rings. The second-order valence-electron chi connectivity index (χ2n) is 10.6. The molecule has 3 aliphatic rings. The van der Waals surface area contributed by atoms with Crippen LogP contribution in [0.25, 0.3) is 0 Å². The van der Waals surface area contributed by atoms with Crippen LogP contribution in [0.15, 0.2) is 42.5 Å². The zero-order chi connectivity index (χ0) is 26.3. The van der Waals surface area contributed by atoms with Crippen molar-refractivity contribution in [3.63, 3.8) is 0 Å². The maximum Gasteiger partial charge on any atom is 0.416 e. The SMILES string of the molecule is CC(C)N1CCN(CCN2CCN([C@@H]3C[C@@H](c4ccc(F)cc4)c4cc(C(F)(F)F)ccc43)CC2)C1=O. The van der Waals surface area contributed by atoms with E-state index >= 15 is 0 Å². The maximum atomic E-state index is 13.5. The molecule has 200 valence electrons. The molecule has 1 aliphatic carbocycles. The van der Waals surface area contributed by atoms with E-state index in [9.17, 15) is 22.4 Å². The van der Waals surface area contributed by atoms with E-state index in [-0.39, 0.29) is 29.8 Å². The van der Waals surface area contributed by atoms with E-state index in [2.05, 4.69) is 9.80 Å². The van der Waals surface area contributed by atoms with Crippen molar-refractivity contribution >= 4 is 6.03 Å². The number of carbonyl (C=O) groups is 1. The highest BCUT2D eigenvalue weighted by atomic mass is 19.4. The van der Waals surface area contributed by atoms with Crippen molar-refractivity contribution in [1.29, 1.82) is 0 Å². The predicted octanol–water partition coefficient (Wildman–Crippen LogP) is 5.18. The normalized spacial score (nSPS) is 23.4. The Bertz CT molecular complexity index is 1110.